The van der Waals surface area contributed by atoms with Crippen LogP contribution in [0.5, 0.6) is 0 Å². The van der Waals surface area contributed by atoms with Gasteiger partial charge in [0.05, 0.1) is 0 Å². The molecule has 0 saturated heterocycles. The van der Waals surface area contributed by atoms with Gasteiger partial charge in [-0.3, -0.25) is 0 Å². The molecular weight excluding hydrogens is 159 g/mol. The van der Waals surface area contributed by atoms with Gasteiger partial charge in [0.1, 0.15) is 0 Å². The van der Waals surface area contributed by atoms with Crippen molar-refractivity contribution in [2.24, 2.45) is 0 Å². The van der Waals surface area contributed by atoms with Gasteiger partial charge in [-0.25, -0.2) is 0 Å². The summed E-state index contributed by atoms with van der Waals surface area (Å²) in [6.45, 7) is 0. The molecule has 13 heavy (non-hydrogen) atoms. The summed E-state index contributed by atoms with van der Waals surface area (Å²) in [5.41, 5.74) is 1.16. The molecule has 1 aromatic carbocycles. The summed E-state index contributed by atoms with van der Waals surface area (Å²) in [6.07, 6.45) is 5.58. The first-order chi connectivity index (χ1) is 6.45. The van der Waals surface area contributed by atoms with Crippen LogP contribution in [-0.2, 0) is 4.65 Å². The highest BCUT2D eigenvalue weighted by atomic mass is 16.4. The largest absolute Gasteiger partial charge is 0.432 e. The summed E-state index contributed by atoms with van der Waals surface area (Å²) >= 11 is 0. The van der Waals surface area contributed by atoms with Crippen LogP contribution in [0.3, 0.4) is 0 Å². The fraction of sp³-hybridized carbons (Fsp3) is 0.455. The van der Waals surface area contributed by atoms with Crippen molar-refractivity contribution in [1.29, 1.82) is 0 Å². The van der Waals surface area contributed by atoms with Crippen molar-refractivity contribution in [1.82, 2.24) is 0 Å². The molecule has 1 aromatic rings. The number of benzene rings is 1. The molecule has 0 spiro atoms. The first-order valence-corrected chi connectivity index (χ1v) is 4.99. The normalized spacial score (nSPS) is 17.5. The van der Waals surface area contributed by atoms with E-state index < -0.39 is 0 Å². The molecule has 1 saturated carbocycles. The van der Waals surface area contributed by atoms with Crippen LogP contribution in [-0.4, -0.2) is 13.6 Å². The lowest BCUT2D eigenvalue weighted by molar-refractivity contribution is 0.225. The first kappa shape index (κ1) is 8.83. The van der Waals surface area contributed by atoms with Crippen LogP contribution in [0.25, 0.3) is 0 Å². The van der Waals surface area contributed by atoms with Crippen LogP contribution in [0.2, 0.25) is 0 Å². The zero-order valence-corrected chi connectivity index (χ0v) is 7.78. The van der Waals surface area contributed by atoms with Crippen molar-refractivity contribution in [3.8, 4) is 0 Å². The molecule has 67 valence electrons. The van der Waals surface area contributed by atoms with Crippen LogP contribution < -0.4 is 5.46 Å². The lowest BCUT2D eigenvalue weighted by Crippen LogP contribution is -2.21. The van der Waals surface area contributed by atoms with E-state index in [-0.39, 0.29) is 0 Å². The molecule has 0 bridgehead atoms. The van der Waals surface area contributed by atoms with Gasteiger partial charge in [-0.1, -0.05) is 48.6 Å². The van der Waals surface area contributed by atoms with Gasteiger partial charge < -0.3 is 4.65 Å². The molecule has 1 nitrogen and oxygen atoms in total. The summed E-state index contributed by atoms with van der Waals surface area (Å²) in [5, 5.41) is 0. The van der Waals surface area contributed by atoms with Gasteiger partial charge >= 0.3 is 7.48 Å². The summed E-state index contributed by atoms with van der Waals surface area (Å²) < 4.78 is 5.66. The Balaban J connectivity index is 1.79. The van der Waals surface area contributed by atoms with Gasteiger partial charge in [-0.05, 0) is 12.8 Å². The first-order valence-electron chi connectivity index (χ1n) is 4.99. The van der Waals surface area contributed by atoms with Crippen LogP contribution in [0.4, 0.5) is 0 Å². The van der Waals surface area contributed by atoms with E-state index in [9.17, 15) is 0 Å². The van der Waals surface area contributed by atoms with E-state index in [0.29, 0.717) is 6.10 Å². The Hall–Kier alpha value is -0.755. The summed E-state index contributed by atoms with van der Waals surface area (Å²) in [6, 6.07) is 10.2. The summed E-state index contributed by atoms with van der Waals surface area (Å²) in [5.74, 6) is 0. The third-order valence-corrected chi connectivity index (χ3v) is 2.50. The maximum Gasteiger partial charge on any atom is 0.330 e. The zero-order chi connectivity index (χ0) is 8.93. The monoisotopic (exact) mass is 173 g/mol. The predicted octanol–water partition coefficient (Wildman–Crippen LogP) is 1.89. The van der Waals surface area contributed by atoms with E-state index in [2.05, 4.69) is 12.1 Å². The van der Waals surface area contributed by atoms with E-state index in [0.717, 1.165) is 5.46 Å². The average molecular weight is 173 g/mol. The van der Waals surface area contributed by atoms with Crippen molar-refractivity contribution in [2.45, 2.75) is 31.8 Å². The molecule has 2 rings (SSSR count). The van der Waals surface area contributed by atoms with Gasteiger partial charge in [-0.15, -0.1) is 0 Å². The van der Waals surface area contributed by atoms with Crippen LogP contribution in [0, 0.1) is 0 Å². The predicted molar refractivity (Wildman–Crippen MR) is 55.2 cm³/mol. The molecule has 1 fully saturated rings. The highest BCUT2D eigenvalue weighted by Gasteiger charge is 2.15. The van der Waals surface area contributed by atoms with Gasteiger partial charge in [0.2, 0.25) is 0 Å². The fourth-order valence-electron chi connectivity index (χ4n) is 1.73. The molecule has 0 aromatic heterocycles. The van der Waals surface area contributed by atoms with Gasteiger partial charge in [0.25, 0.3) is 0 Å². The minimum atomic E-state index is 0.472. The van der Waals surface area contributed by atoms with E-state index in [1.807, 2.05) is 25.7 Å². The molecule has 0 amide bonds. The van der Waals surface area contributed by atoms with Crippen LogP contribution in [0.1, 0.15) is 25.7 Å². The Morgan fingerprint density at radius 2 is 1.77 bits per heavy atom. The smallest absolute Gasteiger partial charge is 0.330 e. The highest BCUT2D eigenvalue weighted by molar-refractivity contribution is 6.46. The van der Waals surface area contributed by atoms with E-state index in [4.69, 9.17) is 4.65 Å². The topological polar surface area (TPSA) is 9.23 Å². The Kier molecular flexibility index (Phi) is 3.04. The Morgan fingerprint density at radius 3 is 2.46 bits per heavy atom. The summed E-state index contributed by atoms with van der Waals surface area (Å²) in [7, 11) is 1.88. The van der Waals surface area contributed by atoms with Gasteiger partial charge in [-0.2, -0.15) is 0 Å². The SMILES string of the molecule is [B](OC1CCCC1)c1ccccc1. The van der Waals surface area contributed by atoms with Gasteiger partial charge in [0.15, 0.2) is 0 Å². The third kappa shape index (κ3) is 2.59. The lowest BCUT2D eigenvalue weighted by Gasteiger charge is -2.09. The standard InChI is InChI=1S/C11H14BO/c1-2-6-10(7-3-1)12-13-11-8-4-5-9-11/h1-3,6-7,11H,4-5,8-9H2. The maximum atomic E-state index is 5.66. The van der Waals surface area contributed by atoms with Crippen molar-refractivity contribution in [2.75, 3.05) is 0 Å². The minimum absolute atomic E-state index is 0.472. The average Bonchev–Trinajstić information content (AvgIpc) is 2.69. The second kappa shape index (κ2) is 4.47. The Bertz CT molecular complexity index is 242. The van der Waals surface area contributed by atoms with E-state index in [1.54, 1.807) is 0 Å². The maximum absolute atomic E-state index is 5.66. The molecule has 0 N–H and O–H groups in total. The molecule has 1 aliphatic carbocycles. The Morgan fingerprint density at radius 1 is 1.08 bits per heavy atom. The van der Waals surface area contributed by atoms with Crippen molar-refractivity contribution in [3.63, 3.8) is 0 Å². The molecule has 0 unspecified atom stereocenters. The minimum Gasteiger partial charge on any atom is -0.432 e. The van der Waals surface area contributed by atoms with Crippen molar-refractivity contribution < 1.29 is 4.65 Å². The third-order valence-electron chi connectivity index (χ3n) is 2.50. The second-order valence-electron chi connectivity index (χ2n) is 3.57. The number of hydrogen-bond acceptors (Lipinski definition) is 1. The molecule has 2 heteroatoms. The molecule has 0 aliphatic heterocycles. The molecular formula is C11H14BO. The molecule has 0 atom stereocenters. The quantitative estimate of drug-likeness (QED) is 0.634. The lowest BCUT2D eigenvalue weighted by atomic mass is 9.88. The Labute approximate surface area is 80.4 Å². The van der Waals surface area contributed by atoms with Gasteiger partial charge in [0, 0.05) is 6.10 Å². The van der Waals surface area contributed by atoms with Crippen LogP contribution in [0.15, 0.2) is 30.3 Å². The van der Waals surface area contributed by atoms with Crippen LogP contribution >= 0.6 is 0 Å². The molecule has 0 heterocycles. The van der Waals surface area contributed by atoms with E-state index in [1.165, 1.54) is 25.7 Å². The van der Waals surface area contributed by atoms with E-state index >= 15 is 0 Å². The zero-order valence-electron chi connectivity index (χ0n) is 7.78. The van der Waals surface area contributed by atoms with Crippen molar-refractivity contribution >= 4 is 12.9 Å². The second-order valence-corrected chi connectivity index (χ2v) is 3.57. The number of rotatable bonds is 3. The summed E-state index contributed by atoms with van der Waals surface area (Å²) in [4.78, 5) is 0. The molecule has 1 radical (unpaired) electrons. The fourth-order valence-corrected chi connectivity index (χ4v) is 1.73. The number of hydrogen-bond donors (Lipinski definition) is 0. The van der Waals surface area contributed by atoms with Crippen molar-refractivity contribution in [3.05, 3.63) is 30.3 Å². The molecule has 1 aliphatic rings. The highest BCUT2D eigenvalue weighted by Crippen LogP contribution is 2.20.